The van der Waals surface area contributed by atoms with Crippen molar-refractivity contribution in [3.8, 4) is 5.75 Å². The maximum atomic E-state index is 5.78. The van der Waals surface area contributed by atoms with Crippen LogP contribution in [0.15, 0.2) is 18.2 Å². The zero-order valence-corrected chi connectivity index (χ0v) is 9.36. The highest BCUT2D eigenvalue weighted by Crippen LogP contribution is 2.33. The van der Waals surface area contributed by atoms with Crippen molar-refractivity contribution < 1.29 is 4.74 Å². The number of hydrogen-bond acceptors (Lipinski definition) is 3. The van der Waals surface area contributed by atoms with Gasteiger partial charge >= 0.3 is 0 Å². The number of nitrogens with two attached hydrogens (primary N) is 1. The molecule has 0 aliphatic carbocycles. The molecule has 3 heteroatoms. The number of hydrogen-bond donors (Lipinski definition) is 1. The Labute approximate surface area is 90.8 Å². The highest BCUT2D eigenvalue weighted by atomic mass is 16.5. The highest BCUT2D eigenvalue weighted by molar-refractivity contribution is 5.61. The Kier molecular flexibility index (Phi) is 2.82. The monoisotopic (exact) mass is 206 g/mol. The Morgan fingerprint density at radius 1 is 1.53 bits per heavy atom. The van der Waals surface area contributed by atoms with Crippen molar-refractivity contribution in [3.05, 3.63) is 23.8 Å². The molecule has 0 spiro atoms. The molecule has 0 saturated heterocycles. The second kappa shape index (κ2) is 4.11. The summed E-state index contributed by atoms with van der Waals surface area (Å²) in [7, 11) is 0. The number of fused-ring (bicyclic) bond motifs is 1. The molecule has 1 aromatic carbocycles. The lowest BCUT2D eigenvalue weighted by atomic mass is 10.1. The average Bonchev–Trinajstić information content (AvgIpc) is 2.19. The second-order valence-electron chi connectivity index (χ2n) is 4.13. The van der Waals surface area contributed by atoms with Crippen LogP contribution in [0.1, 0.15) is 12.5 Å². The van der Waals surface area contributed by atoms with E-state index >= 15 is 0 Å². The van der Waals surface area contributed by atoms with E-state index in [1.807, 2.05) is 6.07 Å². The largest absolute Gasteiger partial charge is 0.487 e. The van der Waals surface area contributed by atoms with Crippen LogP contribution in [-0.4, -0.2) is 25.7 Å². The SMILES string of the molecule is Cc1ccc2c(c1)N(CCN)CC(C)O2. The highest BCUT2D eigenvalue weighted by Gasteiger charge is 2.21. The molecule has 15 heavy (non-hydrogen) atoms. The van der Waals surface area contributed by atoms with Gasteiger partial charge in [-0.25, -0.2) is 0 Å². The molecule has 82 valence electrons. The minimum atomic E-state index is 0.242. The van der Waals surface area contributed by atoms with Crippen LogP contribution in [0.3, 0.4) is 0 Å². The van der Waals surface area contributed by atoms with E-state index in [0.29, 0.717) is 6.54 Å². The first-order valence-corrected chi connectivity index (χ1v) is 5.43. The summed E-state index contributed by atoms with van der Waals surface area (Å²) in [6.45, 7) is 6.68. The number of anilines is 1. The van der Waals surface area contributed by atoms with Gasteiger partial charge in [0.2, 0.25) is 0 Å². The summed E-state index contributed by atoms with van der Waals surface area (Å²) in [4.78, 5) is 2.30. The van der Waals surface area contributed by atoms with E-state index in [2.05, 4.69) is 30.9 Å². The number of ether oxygens (including phenoxy) is 1. The topological polar surface area (TPSA) is 38.5 Å². The third-order valence-corrected chi connectivity index (χ3v) is 2.66. The van der Waals surface area contributed by atoms with Crippen molar-refractivity contribution in [3.63, 3.8) is 0 Å². The van der Waals surface area contributed by atoms with Crippen molar-refractivity contribution >= 4 is 5.69 Å². The minimum absolute atomic E-state index is 0.242. The zero-order chi connectivity index (χ0) is 10.8. The molecule has 3 nitrogen and oxygen atoms in total. The van der Waals surface area contributed by atoms with Crippen molar-refractivity contribution in [2.75, 3.05) is 24.5 Å². The van der Waals surface area contributed by atoms with Crippen LogP contribution in [-0.2, 0) is 0 Å². The van der Waals surface area contributed by atoms with Gasteiger partial charge in [0.05, 0.1) is 12.2 Å². The van der Waals surface area contributed by atoms with Crippen LogP contribution >= 0.6 is 0 Å². The molecular weight excluding hydrogens is 188 g/mol. The molecule has 0 amide bonds. The summed E-state index contributed by atoms with van der Waals surface area (Å²) in [6.07, 6.45) is 0.242. The van der Waals surface area contributed by atoms with E-state index in [1.165, 1.54) is 11.3 Å². The third-order valence-electron chi connectivity index (χ3n) is 2.66. The van der Waals surface area contributed by atoms with Gasteiger partial charge < -0.3 is 15.4 Å². The third kappa shape index (κ3) is 2.07. The second-order valence-corrected chi connectivity index (χ2v) is 4.13. The molecule has 2 rings (SSSR count). The van der Waals surface area contributed by atoms with Crippen molar-refractivity contribution in [1.82, 2.24) is 0 Å². The van der Waals surface area contributed by atoms with Crippen LogP contribution in [0, 0.1) is 6.92 Å². The first-order chi connectivity index (χ1) is 7.20. The molecule has 1 unspecified atom stereocenters. The molecular formula is C12H18N2O. The Morgan fingerprint density at radius 3 is 3.07 bits per heavy atom. The van der Waals surface area contributed by atoms with Gasteiger partial charge in [0.25, 0.3) is 0 Å². The van der Waals surface area contributed by atoms with Crippen LogP contribution in [0.25, 0.3) is 0 Å². The van der Waals surface area contributed by atoms with Gasteiger partial charge in [-0.15, -0.1) is 0 Å². The summed E-state index contributed by atoms with van der Waals surface area (Å²) >= 11 is 0. The van der Waals surface area contributed by atoms with E-state index in [-0.39, 0.29) is 6.10 Å². The predicted octanol–water partition coefficient (Wildman–Crippen LogP) is 1.54. The summed E-state index contributed by atoms with van der Waals surface area (Å²) in [5, 5.41) is 0. The van der Waals surface area contributed by atoms with E-state index < -0.39 is 0 Å². The van der Waals surface area contributed by atoms with Crippen molar-refractivity contribution in [1.29, 1.82) is 0 Å². The quantitative estimate of drug-likeness (QED) is 0.797. The standard InChI is InChI=1S/C12H18N2O/c1-9-3-4-12-11(7-9)14(6-5-13)8-10(2)15-12/h3-4,7,10H,5-6,8,13H2,1-2H3. The fraction of sp³-hybridized carbons (Fsp3) is 0.500. The first-order valence-electron chi connectivity index (χ1n) is 5.43. The molecule has 0 bridgehead atoms. The number of nitrogens with zero attached hydrogens (tertiary/aromatic N) is 1. The van der Waals surface area contributed by atoms with Gasteiger partial charge in [-0.05, 0) is 31.5 Å². The van der Waals surface area contributed by atoms with Crippen molar-refractivity contribution in [2.24, 2.45) is 5.73 Å². The van der Waals surface area contributed by atoms with Gasteiger partial charge in [0, 0.05) is 13.1 Å². The molecule has 1 heterocycles. The molecule has 0 fully saturated rings. The molecule has 1 atom stereocenters. The summed E-state index contributed by atoms with van der Waals surface area (Å²) in [5.41, 5.74) is 8.05. The van der Waals surface area contributed by atoms with Gasteiger partial charge in [-0.2, -0.15) is 0 Å². The number of benzene rings is 1. The van der Waals surface area contributed by atoms with Gasteiger partial charge in [0.1, 0.15) is 11.9 Å². The predicted molar refractivity (Wildman–Crippen MR) is 62.5 cm³/mol. The van der Waals surface area contributed by atoms with Crippen LogP contribution in [0.5, 0.6) is 5.75 Å². The molecule has 0 aromatic heterocycles. The van der Waals surface area contributed by atoms with Crippen LogP contribution in [0.2, 0.25) is 0 Å². The molecule has 0 radical (unpaired) electrons. The molecule has 1 aromatic rings. The van der Waals surface area contributed by atoms with Crippen LogP contribution < -0.4 is 15.4 Å². The van der Waals surface area contributed by atoms with Gasteiger partial charge in [-0.1, -0.05) is 6.07 Å². The lowest BCUT2D eigenvalue weighted by Crippen LogP contribution is -2.41. The van der Waals surface area contributed by atoms with E-state index in [9.17, 15) is 0 Å². The van der Waals surface area contributed by atoms with E-state index in [4.69, 9.17) is 10.5 Å². The van der Waals surface area contributed by atoms with Crippen LogP contribution in [0.4, 0.5) is 5.69 Å². The summed E-state index contributed by atoms with van der Waals surface area (Å²) in [5.74, 6) is 0.979. The minimum Gasteiger partial charge on any atom is -0.487 e. The summed E-state index contributed by atoms with van der Waals surface area (Å²) in [6, 6.07) is 6.29. The number of aryl methyl sites for hydroxylation is 1. The fourth-order valence-corrected chi connectivity index (χ4v) is 2.00. The Morgan fingerprint density at radius 2 is 2.33 bits per heavy atom. The smallest absolute Gasteiger partial charge is 0.143 e. The van der Waals surface area contributed by atoms with Crippen molar-refractivity contribution in [2.45, 2.75) is 20.0 Å². The Balaban J connectivity index is 2.34. The van der Waals surface area contributed by atoms with Gasteiger partial charge in [-0.3, -0.25) is 0 Å². The average molecular weight is 206 g/mol. The zero-order valence-electron chi connectivity index (χ0n) is 9.36. The lowest BCUT2D eigenvalue weighted by Gasteiger charge is -2.35. The Hall–Kier alpha value is -1.22. The molecule has 1 aliphatic rings. The normalized spacial score (nSPS) is 19.7. The Bertz CT molecular complexity index is 351. The molecule has 0 saturated carbocycles. The fourth-order valence-electron chi connectivity index (χ4n) is 2.00. The number of rotatable bonds is 2. The first kappa shape index (κ1) is 10.3. The van der Waals surface area contributed by atoms with E-state index in [0.717, 1.165) is 18.8 Å². The maximum Gasteiger partial charge on any atom is 0.143 e. The lowest BCUT2D eigenvalue weighted by molar-refractivity contribution is 0.213. The van der Waals surface area contributed by atoms with Gasteiger partial charge in [0.15, 0.2) is 0 Å². The molecule has 1 aliphatic heterocycles. The molecule has 2 N–H and O–H groups in total. The summed E-state index contributed by atoms with van der Waals surface area (Å²) < 4.78 is 5.78. The van der Waals surface area contributed by atoms with E-state index in [1.54, 1.807) is 0 Å². The maximum absolute atomic E-state index is 5.78.